The van der Waals surface area contributed by atoms with E-state index in [0.717, 1.165) is 38.3 Å². The minimum absolute atomic E-state index is 0.0467. The number of piperazine rings is 1. The molecule has 0 saturated carbocycles. The molecule has 2 amide bonds. The number of hydrogen-bond acceptors (Lipinski definition) is 6. The van der Waals surface area contributed by atoms with Crippen molar-refractivity contribution < 1.29 is 19.1 Å². The number of rotatable bonds is 6. The Bertz CT molecular complexity index is 850. The van der Waals surface area contributed by atoms with Crippen LogP contribution in [-0.4, -0.2) is 92.0 Å². The average Bonchev–Trinajstić information content (AvgIpc) is 3.40. The SMILES string of the molecule is CC[C@H](C)C(NC(=O)c1ccc(N2CCN(C)CC2)cc1)C(=O)N1CC[C@H]2OCC(=O)[C@H]21. The molecule has 1 aromatic rings. The van der Waals surface area contributed by atoms with Crippen molar-refractivity contribution in [2.45, 2.75) is 44.9 Å². The number of benzene rings is 1. The van der Waals surface area contributed by atoms with Crippen molar-refractivity contribution in [2.75, 3.05) is 51.3 Å². The van der Waals surface area contributed by atoms with E-state index >= 15 is 0 Å². The van der Waals surface area contributed by atoms with E-state index < -0.39 is 12.1 Å². The molecule has 8 nitrogen and oxygen atoms in total. The number of amides is 2. The summed E-state index contributed by atoms with van der Waals surface area (Å²) in [6.07, 6.45) is 1.20. The lowest BCUT2D eigenvalue weighted by Crippen LogP contribution is -2.54. The van der Waals surface area contributed by atoms with E-state index in [0.29, 0.717) is 18.5 Å². The molecule has 3 saturated heterocycles. The van der Waals surface area contributed by atoms with Gasteiger partial charge in [0.25, 0.3) is 5.91 Å². The Hall–Kier alpha value is -2.45. The number of nitrogens with one attached hydrogen (secondary N) is 1. The maximum Gasteiger partial charge on any atom is 0.251 e. The molecule has 3 heterocycles. The fourth-order valence-corrected chi connectivity index (χ4v) is 4.82. The summed E-state index contributed by atoms with van der Waals surface area (Å²) in [6, 6.07) is 6.41. The monoisotopic (exact) mass is 442 g/mol. The lowest BCUT2D eigenvalue weighted by Gasteiger charge is -2.34. The number of fused-ring (bicyclic) bond motifs is 1. The number of likely N-dealkylation sites (N-methyl/N-ethyl adjacent to an activating group) is 1. The fraction of sp³-hybridized carbons (Fsp3) is 0.625. The Kier molecular flexibility index (Phi) is 6.81. The molecule has 4 atom stereocenters. The molecule has 8 heteroatoms. The van der Waals surface area contributed by atoms with Gasteiger partial charge in [0.1, 0.15) is 18.7 Å². The Labute approximate surface area is 189 Å². The molecule has 1 aromatic carbocycles. The molecule has 0 radical (unpaired) electrons. The normalized spacial score (nSPS) is 25.5. The van der Waals surface area contributed by atoms with Crippen LogP contribution in [0, 0.1) is 5.92 Å². The summed E-state index contributed by atoms with van der Waals surface area (Å²) in [5.41, 5.74) is 1.63. The third-order valence-electron chi connectivity index (χ3n) is 7.16. The molecule has 0 aromatic heterocycles. The van der Waals surface area contributed by atoms with E-state index in [2.05, 4.69) is 22.2 Å². The van der Waals surface area contributed by atoms with Gasteiger partial charge < -0.3 is 24.8 Å². The van der Waals surface area contributed by atoms with Crippen LogP contribution in [0.1, 0.15) is 37.0 Å². The molecule has 1 N–H and O–H groups in total. The predicted octanol–water partition coefficient (Wildman–Crippen LogP) is 1.15. The second-order valence-electron chi connectivity index (χ2n) is 9.25. The molecule has 3 aliphatic heterocycles. The van der Waals surface area contributed by atoms with E-state index in [1.165, 1.54) is 0 Å². The van der Waals surface area contributed by atoms with Crippen LogP contribution < -0.4 is 10.2 Å². The Morgan fingerprint density at radius 3 is 2.47 bits per heavy atom. The number of likely N-dealkylation sites (tertiary alicyclic amines) is 1. The van der Waals surface area contributed by atoms with E-state index in [9.17, 15) is 14.4 Å². The summed E-state index contributed by atoms with van der Waals surface area (Å²) < 4.78 is 5.52. The number of carbonyl (C=O) groups excluding carboxylic acids is 3. The zero-order valence-corrected chi connectivity index (χ0v) is 19.3. The van der Waals surface area contributed by atoms with E-state index in [-0.39, 0.29) is 36.2 Å². The molecular formula is C24H34N4O4. The topological polar surface area (TPSA) is 82.2 Å². The molecule has 0 aliphatic carbocycles. The van der Waals surface area contributed by atoms with Crippen molar-refractivity contribution >= 4 is 23.3 Å². The van der Waals surface area contributed by atoms with Crippen LogP contribution in [0.2, 0.25) is 0 Å². The molecular weight excluding hydrogens is 408 g/mol. The quantitative estimate of drug-likeness (QED) is 0.712. The number of hydrogen-bond donors (Lipinski definition) is 1. The van der Waals surface area contributed by atoms with E-state index in [1.54, 1.807) is 4.90 Å². The fourth-order valence-electron chi connectivity index (χ4n) is 4.82. The van der Waals surface area contributed by atoms with Gasteiger partial charge in [-0.25, -0.2) is 0 Å². The highest BCUT2D eigenvalue weighted by atomic mass is 16.5. The van der Waals surface area contributed by atoms with Gasteiger partial charge in [-0.15, -0.1) is 0 Å². The lowest BCUT2D eigenvalue weighted by atomic mass is 9.96. The molecule has 4 rings (SSSR count). The molecule has 1 unspecified atom stereocenters. The summed E-state index contributed by atoms with van der Waals surface area (Å²) >= 11 is 0. The van der Waals surface area contributed by atoms with Gasteiger partial charge in [0.2, 0.25) is 5.91 Å². The van der Waals surface area contributed by atoms with Gasteiger partial charge in [-0.2, -0.15) is 0 Å². The number of ether oxygens (including phenoxy) is 1. The van der Waals surface area contributed by atoms with Crippen LogP contribution in [0.3, 0.4) is 0 Å². The highest BCUT2D eigenvalue weighted by Crippen LogP contribution is 2.28. The molecule has 0 bridgehead atoms. The van der Waals surface area contributed by atoms with Gasteiger partial charge >= 0.3 is 0 Å². The van der Waals surface area contributed by atoms with Gasteiger partial charge in [0.05, 0.1) is 6.10 Å². The molecule has 3 aliphatic rings. The zero-order chi connectivity index (χ0) is 22.8. The average molecular weight is 443 g/mol. The maximum absolute atomic E-state index is 13.4. The molecule has 3 fully saturated rings. The van der Waals surface area contributed by atoms with Crippen molar-refractivity contribution in [1.29, 1.82) is 0 Å². The Balaban J connectivity index is 1.44. The third-order valence-corrected chi connectivity index (χ3v) is 7.16. The number of ketones is 1. The standard InChI is InChI=1S/C24H34N4O4/c1-4-16(2)21(24(31)28-10-9-20-22(28)19(29)15-32-20)25-23(30)17-5-7-18(8-6-17)27-13-11-26(3)12-14-27/h5-8,16,20-22H,4,9-15H2,1-3H3,(H,25,30)/t16-,20+,21?,22+/m0/s1. The van der Waals surface area contributed by atoms with Crippen molar-refractivity contribution in [1.82, 2.24) is 15.1 Å². The van der Waals surface area contributed by atoms with Crippen LogP contribution in [-0.2, 0) is 14.3 Å². The highest BCUT2D eigenvalue weighted by molar-refractivity contribution is 5.99. The van der Waals surface area contributed by atoms with Gasteiger partial charge in [-0.3, -0.25) is 14.4 Å². The van der Waals surface area contributed by atoms with Crippen LogP contribution in [0.5, 0.6) is 0 Å². The van der Waals surface area contributed by atoms with Crippen LogP contribution in [0.4, 0.5) is 5.69 Å². The first kappa shape index (κ1) is 22.7. The first-order valence-electron chi connectivity index (χ1n) is 11.7. The van der Waals surface area contributed by atoms with Crippen molar-refractivity contribution in [2.24, 2.45) is 5.92 Å². The second kappa shape index (κ2) is 9.58. The Morgan fingerprint density at radius 2 is 1.81 bits per heavy atom. The predicted molar refractivity (Wildman–Crippen MR) is 122 cm³/mol. The van der Waals surface area contributed by atoms with E-state index in [1.807, 2.05) is 38.1 Å². The van der Waals surface area contributed by atoms with Crippen molar-refractivity contribution in [3.05, 3.63) is 29.8 Å². The van der Waals surface area contributed by atoms with Crippen molar-refractivity contribution in [3.8, 4) is 0 Å². The smallest absolute Gasteiger partial charge is 0.251 e. The molecule has 0 spiro atoms. The number of carbonyl (C=O) groups is 3. The molecule has 32 heavy (non-hydrogen) atoms. The van der Waals surface area contributed by atoms with Gasteiger partial charge in [0.15, 0.2) is 5.78 Å². The number of Topliss-reactive ketones (excluding diaryl/α,β-unsaturated/α-hetero) is 1. The summed E-state index contributed by atoms with van der Waals surface area (Å²) in [7, 11) is 2.12. The van der Waals surface area contributed by atoms with Crippen molar-refractivity contribution in [3.63, 3.8) is 0 Å². The summed E-state index contributed by atoms with van der Waals surface area (Å²) in [6.45, 7) is 8.49. The first-order valence-corrected chi connectivity index (χ1v) is 11.7. The van der Waals surface area contributed by atoms with Crippen LogP contribution >= 0.6 is 0 Å². The minimum Gasteiger partial charge on any atom is -0.369 e. The van der Waals surface area contributed by atoms with Gasteiger partial charge in [0, 0.05) is 44.0 Å². The van der Waals surface area contributed by atoms with Crippen LogP contribution in [0.25, 0.3) is 0 Å². The van der Waals surface area contributed by atoms with E-state index in [4.69, 9.17) is 4.74 Å². The lowest BCUT2D eigenvalue weighted by molar-refractivity contribution is -0.139. The number of anilines is 1. The minimum atomic E-state index is -0.669. The largest absolute Gasteiger partial charge is 0.369 e. The number of nitrogens with zero attached hydrogens (tertiary/aromatic N) is 3. The Morgan fingerprint density at radius 1 is 1.12 bits per heavy atom. The molecule has 174 valence electrons. The summed E-state index contributed by atoms with van der Waals surface area (Å²) in [5, 5.41) is 2.96. The third kappa shape index (κ3) is 4.52. The van der Waals surface area contributed by atoms with Crippen LogP contribution in [0.15, 0.2) is 24.3 Å². The first-order chi connectivity index (χ1) is 15.4. The van der Waals surface area contributed by atoms with Gasteiger partial charge in [-0.05, 0) is 43.7 Å². The highest BCUT2D eigenvalue weighted by Gasteiger charge is 2.48. The summed E-state index contributed by atoms with van der Waals surface area (Å²) in [4.78, 5) is 44.9. The maximum atomic E-state index is 13.4. The zero-order valence-electron chi connectivity index (χ0n) is 19.3. The van der Waals surface area contributed by atoms with Gasteiger partial charge in [-0.1, -0.05) is 20.3 Å². The summed E-state index contributed by atoms with van der Waals surface area (Å²) in [5.74, 6) is -0.548. The second-order valence-corrected chi connectivity index (χ2v) is 9.25.